The van der Waals surface area contributed by atoms with Crippen molar-refractivity contribution in [3.63, 3.8) is 0 Å². The molecule has 0 aliphatic rings. The zero-order chi connectivity index (χ0) is 22.7. The average Bonchev–Trinajstić information content (AvgIpc) is 2.67. The summed E-state index contributed by atoms with van der Waals surface area (Å²) in [6, 6.07) is 6.99. The molecule has 0 saturated carbocycles. The van der Waals surface area contributed by atoms with E-state index in [9.17, 15) is 19.2 Å². The standard InChI is InChI=1S/C21H30N2O7/c1-14(22-20(27)30-21(2,3)4)18(25)23-16(11-12-17(24)28-5)19(26)29-13-15-9-7-6-8-10-15/h6-10,14,16H,11-13H2,1-5H3,(H,22,27)(H,23,25)/t14-,16?/m0/s1. The summed E-state index contributed by atoms with van der Waals surface area (Å²) < 4.78 is 15.0. The number of alkyl carbamates (subject to hydrolysis) is 1. The third-order valence-electron chi connectivity index (χ3n) is 3.82. The van der Waals surface area contributed by atoms with Crippen molar-refractivity contribution in [1.82, 2.24) is 10.6 Å². The summed E-state index contributed by atoms with van der Waals surface area (Å²) >= 11 is 0. The maximum absolute atomic E-state index is 12.5. The van der Waals surface area contributed by atoms with E-state index < -0.39 is 41.6 Å². The van der Waals surface area contributed by atoms with Crippen LogP contribution in [0.25, 0.3) is 0 Å². The molecule has 0 aromatic heterocycles. The van der Waals surface area contributed by atoms with Crippen molar-refractivity contribution < 1.29 is 33.4 Å². The Kier molecular flexibility index (Phi) is 9.80. The molecule has 1 unspecified atom stereocenters. The smallest absolute Gasteiger partial charge is 0.408 e. The van der Waals surface area contributed by atoms with Gasteiger partial charge in [-0.3, -0.25) is 9.59 Å². The van der Waals surface area contributed by atoms with E-state index in [0.29, 0.717) is 0 Å². The van der Waals surface area contributed by atoms with E-state index >= 15 is 0 Å². The van der Waals surface area contributed by atoms with E-state index in [1.165, 1.54) is 14.0 Å². The van der Waals surface area contributed by atoms with Gasteiger partial charge in [-0.2, -0.15) is 0 Å². The number of esters is 2. The fourth-order valence-corrected chi connectivity index (χ4v) is 2.29. The Morgan fingerprint density at radius 1 is 1.03 bits per heavy atom. The molecule has 0 saturated heterocycles. The Morgan fingerprint density at radius 2 is 1.67 bits per heavy atom. The summed E-state index contributed by atoms with van der Waals surface area (Å²) in [5, 5.41) is 4.91. The third kappa shape index (κ3) is 9.90. The van der Waals surface area contributed by atoms with Gasteiger partial charge >= 0.3 is 18.0 Å². The highest BCUT2D eigenvalue weighted by Crippen LogP contribution is 2.08. The summed E-state index contributed by atoms with van der Waals surface area (Å²) in [7, 11) is 1.23. The molecule has 9 heteroatoms. The molecule has 2 atom stereocenters. The molecule has 0 spiro atoms. The highest BCUT2D eigenvalue weighted by atomic mass is 16.6. The number of hydrogen-bond donors (Lipinski definition) is 2. The van der Waals surface area contributed by atoms with Crippen molar-refractivity contribution in [3.8, 4) is 0 Å². The Labute approximate surface area is 176 Å². The molecule has 2 N–H and O–H groups in total. The van der Waals surface area contributed by atoms with Gasteiger partial charge in [-0.1, -0.05) is 30.3 Å². The molecule has 1 aromatic rings. The van der Waals surface area contributed by atoms with Crippen molar-refractivity contribution in [2.24, 2.45) is 0 Å². The quantitative estimate of drug-likeness (QED) is 0.462. The molecule has 0 radical (unpaired) electrons. The number of carbonyl (C=O) groups excluding carboxylic acids is 4. The molecule has 0 bridgehead atoms. The molecule has 2 amide bonds. The summed E-state index contributed by atoms with van der Waals surface area (Å²) in [5.74, 6) is -1.84. The van der Waals surface area contributed by atoms with Gasteiger partial charge in [-0.05, 0) is 39.7 Å². The van der Waals surface area contributed by atoms with E-state index in [4.69, 9.17) is 9.47 Å². The normalized spacial score (nSPS) is 12.8. The van der Waals surface area contributed by atoms with Crippen LogP contribution in [-0.4, -0.2) is 48.7 Å². The fraction of sp³-hybridized carbons (Fsp3) is 0.524. The van der Waals surface area contributed by atoms with Gasteiger partial charge < -0.3 is 24.8 Å². The molecule has 30 heavy (non-hydrogen) atoms. The average molecular weight is 422 g/mol. The van der Waals surface area contributed by atoms with Crippen LogP contribution in [0.3, 0.4) is 0 Å². The van der Waals surface area contributed by atoms with Crippen LogP contribution in [-0.2, 0) is 35.2 Å². The molecule has 0 heterocycles. The van der Waals surface area contributed by atoms with Crippen LogP contribution in [0.1, 0.15) is 46.1 Å². The van der Waals surface area contributed by atoms with Crippen molar-refractivity contribution in [1.29, 1.82) is 0 Å². The first-order valence-corrected chi connectivity index (χ1v) is 9.59. The number of methoxy groups -OCH3 is 1. The third-order valence-corrected chi connectivity index (χ3v) is 3.82. The minimum Gasteiger partial charge on any atom is -0.469 e. The van der Waals surface area contributed by atoms with Crippen LogP contribution in [0, 0.1) is 0 Å². The van der Waals surface area contributed by atoms with Crippen molar-refractivity contribution in [2.75, 3.05) is 7.11 Å². The predicted molar refractivity (Wildman–Crippen MR) is 108 cm³/mol. The van der Waals surface area contributed by atoms with Gasteiger partial charge in [0.2, 0.25) is 5.91 Å². The number of hydrogen-bond acceptors (Lipinski definition) is 7. The number of nitrogens with one attached hydrogen (secondary N) is 2. The molecule has 0 aliphatic carbocycles. The SMILES string of the molecule is COC(=O)CCC(NC(=O)[C@H](C)NC(=O)OC(C)(C)C)C(=O)OCc1ccccc1. The first kappa shape index (κ1) is 24.9. The predicted octanol–water partition coefficient (Wildman–Crippen LogP) is 2.08. The van der Waals surface area contributed by atoms with Crippen LogP contribution < -0.4 is 10.6 Å². The fourth-order valence-electron chi connectivity index (χ4n) is 2.29. The monoisotopic (exact) mass is 422 g/mol. The van der Waals surface area contributed by atoms with Crippen LogP contribution >= 0.6 is 0 Å². The van der Waals surface area contributed by atoms with Crippen LogP contribution in [0.2, 0.25) is 0 Å². The zero-order valence-electron chi connectivity index (χ0n) is 18.0. The highest BCUT2D eigenvalue weighted by molar-refractivity contribution is 5.89. The number of benzene rings is 1. The van der Waals surface area contributed by atoms with Crippen LogP contribution in [0.4, 0.5) is 4.79 Å². The van der Waals surface area contributed by atoms with Gasteiger partial charge in [-0.25, -0.2) is 9.59 Å². The van der Waals surface area contributed by atoms with Crippen LogP contribution in [0.15, 0.2) is 30.3 Å². The van der Waals surface area contributed by atoms with E-state index in [2.05, 4.69) is 15.4 Å². The number of amides is 2. The lowest BCUT2D eigenvalue weighted by molar-refractivity contribution is -0.150. The van der Waals surface area contributed by atoms with Gasteiger partial charge in [0, 0.05) is 6.42 Å². The van der Waals surface area contributed by atoms with E-state index in [1.54, 1.807) is 32.9 Å². The van der Waals surface area contributed by atoms with Crippen LogP contribution in [0.5, 0.6) is 0 Å². The van der Waals surface area contributed by atoms with Crippen molar-refractivity contribution in [3.05, 3.63) is 35.9 Å². The maximum Gasteiger partial charge on any atom is 0.408 e. The summed E-state index contributed by atoms with van der Waals surface area (Å²) in [6.07, 6.45) is -0.857. The summed E-state index contributed by atoms with van der Waals surface area (Å²) in [5.41, 5.74) is 0.0637. The minimum atomic E-state index is -1.08. The molecule has 9 nitrogen and oxygen atoms in total. The second-order valence-electron chi connectivity index (χ2n) is 7.64. The Hall–Kier alpha value is -3.10. The largest absolute Gasteiger partial charge is 0.469 e. The highest BCUT2D eigenvalue weighted by Gasteiger charge is 2.27. The van der Waals surface area contributed by atoms with Gasteiger partial charge in [-0.15, -0.1) is 0 Å². The second-order valence-corrected chi connectivity index (χ2v) is 7.64. The van der Waals surface area contributed by atoms with E-state index in [1.807, 2.05) is 18.2 Å². The molecule has 1 rings (SSSR count). The number of rotatable bonds is 9. The molecule has 166 valence electrons. The lowest BCUT2D eigenvalue weighted by atomic mass is 10.1. The van der Waals surface area contributed by atoms with E-state index in [0.717, 1.165) is 5.56 Å². The lowest BCUT2D eigenvalue weighted by Crippen LogP contribution is -2.51. The molecule has 0 aliphatic heterocycles. The molecule has 1 aromatic carbocycles. The van der Waals surface area contributed by atoms with E-state index in [-0.39, 0.29) is 19.4 Å². The Balaban J connectivity index is 2.71. The topological polar surface area (TPSA) is 120 Å². The molecule has 0 fully saturated rings. The Morgan fingerprint density at radius 3 is 2.23 bits per heavy atom. The van der Waals surface area contributed by atoms with Crippen molar-refractivity contribution >= 4 is 23.9 Å². The number of carbonyl (C=O) groups is 4. The molecular weight excluding hydrogens is 392 g/mol. The van der Waals surface area contributed by atoms with Gasteiger partial charge in [0.15, 0.2) is 0 Å². The first-order chi connectivity index (χ1) is 14.0. The van der Waals surface area contributed by atoms with Crippen molar-refractivity contribution in [2.45, 2.75) is 64.8 Å². The lowest BCUT2D eigenvalue weighted by Gasteiger charge is -2.23. The van der Waals surface area contributed by atoms with Gasteiger partial charge in [0.1, 0.15) is 24.3 Å². The second kappa shape index (κ2) is 11.8. The number of ether oxygens (including phenoxy) is 3. The van der Waals surface area contributed by atoms with Gasteiger partial charge in [0.25, 0.3) is 0 Å². The van der Waals surface area contributed by atoms with Gasteiger partial charge in [0.05, 0.1) is 7.11 Å². The maximum atomic E-state index is 12.5. The molecular formula is C21H30N2O7. The zero-order valence-corrected chi connectivity index (χ0v) is 18.0. The Bertz CT molecular complexity index is 729. The summed E-state index contributed by atoms with van der Waals surface area (Å²) in [4.78, 5) is 48.2. The summed E-state index contributed by atoms with van der Waals surface area (Å²) in [6.45, 7) is 6.57. The minimum absolute atomic E-state index is 0.00874. The first-order valence-electron chi connectivity index (χ1n) is 9.59.